The van der Waals surface area contributed by atoms with E-state index in [2.05, 4.69) is 15.5 Å². The van der Waals surface area contributed by atoms with Gasteiger partial charge in [0.2, 0.25) is 21.0 Å². The fraction of sp³-hybridized carbons (Fsp3) is 0.222. The number of benzene rings is 3. The molecule has 39 heavy (non-hydrogen) atoms. The molecular formula is C27H26ClN5O4S2. The van der Waals surface area contributed by atoms with Crippen LogP contribution in [0.1, 0.15) is 11.1 Å². The molecule has 0 bridgehead atoms. The normalized spacial score (nSPS) is 14.7. The second-order valence-electron chi connectivity index (χ2n) is 9.08. The second kappa shape index (κ2) is 11.4. The number of aryl methyl sites for hydroxylation is 1. The Morgan fingerprint density at radius 2 is 1.85 bits per heavy atom. The van der Waals surface area contributed by atoms with E-state index in [1.165, 1.54) is 16.4 Å². The molecule has 0 amide bonds. The lowest BCUT2D eigenvalue weighted by molar-refractivity contribution is 0.0730. The Morgan fingerprint density at radius 3 is 2.56 bits per heavy atom. The summed E-state index contributed by atoms with van der Waals surface area (Å²) >= 11 is 11.4. The summed E-state index contributed by atoms with van der Waals surface area (Å²) in [6.07, 6.45) is 0. The highest BCUT2D eigenvalue weighted by Crippen LogP contribution is 2.41. The molecule has 4 aromatic rings. The van der Waals surface area contributed by atoms with E-state index in [1.54, 1.807) is 22.8 Å². The first-order valence-corrected chi connectivity index (χ1v) is 14.4. The van der Waals surface area contributed by atoms with Crippen LogP contribution in [0.4, 0.5) is 11.4 Å². The van der Waals surface area contributed by atoms with Gasteiger partial charge in [0.15, 0.2) is 5.69 Å². The van der Waals surface area contributed by atoms with Crippen LogP contribution >= 0.6 is 23.8 Å². The number of azo groups is 1. The molecule has 0 aliphatic carbocycles. The van der Waals surface area contributed by atoms with E-state index >= 15 is 0 Å². The van der Waals surface area contributed by atoms with E-state index in [9.17, 15) is 13.5 Å². The summed E-state index contributed by atoms with van der Waals surface area (Å²) in [5, 5.41) is 23.8. The van der Waals surface area contributed by atoms with Gasteiger partial charge in [-0.2, -0.15) is 4.31 Å². The van der Waals surface area contributed by atoms with Gasteiger partial charge in [-0.3, -0.25) is 0 Å². The molecule has 1 aliphatic heterocycles. The van der Waals surface area contributed by atoms with Gasteiger partial charge in [-0.25, -0.2) is 8.42 Å². The molecule has 0 unspecified atom stereocenters. The molecule has 3 aromatic carbocycles. The van der Waals surface area contributed by atoms with Crippen molar-refractivity contribution in [3.05, 3.63) is 82.9 Å². The van der Waals surface area contributed by atoms with Gasteiger partial charge in [0, 0.05) is 29.2 Å². The molecule has 0 saturated carbocycles. The highest BCUT2D eigenvalue weighted by Gasteiger charge is 2.28. The Morgan fingerprint density at radius 1 is 1.10 bits per heavy atom. The first-order valence-electron chi connectivity index (χ1n) is 12.2. The van der Waals surface area contributed by atoms with Crippen LogP contribution < -0.4 is 5.32 Å². The lowest BCUT2D eigenvalue weighted by Crippen LogP contribution is -2.40. The summed E-state index contributed by atoms with van der Waals surface area (Å²) in [5.41, 5.74) is 3.40. The Kier molecular flexibility index (Phi) is 7.96. The molecule has 202 valence electrons. The van der Waals surface area contributed by atoms with E-state index in [-0.39, 0.29) is 34.7 Å². The van der Waals surface area contributed by atoms with Crippen molar-refractivity contribution >= 4 is 61.2 Å². The Bertz CT molecular complexity index is 1660. The number of nitrogens with zero attached hydrogens (tertiary/aromatic N) is 4. The van der Waals surface area contributed by atoms with Crippen molar-refractivity contribution in [1.29, 1.82) is 0 Å². The predicted molar refractivity (Wildman–Crippen MR) is 156 cm³/mol. The number of rotatable bonds is 6. The smallest absolute Gasteiger partial charge is 0.243 e. The number of ether oxygens (including phenoxy) is 1. The molecular weight excluding hydrogens is 558 g/mol. The van der Waals surface area contributed by atoms with Crippen molar-refractivity contribution in [3.63, 3.8) is 0 Å². The maximum atomic E-state index is 13.4. The van der Waals surface area contributed by atoms with Gasteiger partial charge in [-0.05, 0) is 72.7 Å². The van der Waals surface area contributed by atoms with Gasteiger partial charge in [-0.1, -0.05) is 35.9 Å². The average Bonchev–Trinajstić information content (AvgIpc) is 3.19. The zero-order chi connectivity index (χ0) is 27.6. The van der Waals surface area contributed by atoms with Crippen molar-refractivity contribution in [2.24, 2.45) is 10.2 Å². The molecule has 2 heterocycles. The lowest BCUT2D eigenvalue weighted by Gasteiger charge is -2.26. The monoisotopic (exact) mass is 583 g/mol. The number of halogens is 1. The van der Waals surface area contributed by atoms with Crippen LogP contribution in [0.5, 0.6) is 5.88 Å². The van der Waals surface area contributed by atoms with Gasteiger partial charge in [0.25, 0.3) is 0 Å². The van der Waals surface area contributed by atoms with Crippen molar-refractivity contribution in [1.82, 2.24) is 8.87 Å². The summed E-state index contributed by atoms with van der Waals surface area (Å²) < 4.78 is 35.1. The Labute approximate surface area is 236 Å². The molecule has 9 nitrogen and oxygen atoms in total. The van der Waals surface area contributed by atoms with Gasteiger partial charge in [-0.15, -0.1) is 10.2 Å². The number of hydrogen-bond donors (Lipinski definition) is 2. The maximum Gasteiger partial charge on any atom is 0.243 e. The zero-order valence-electron chi connectivity index (χ0n) is 21.0. The first-order chi connectivity index (χ1) is 18.7. The SMILES string of the molecule is Cc1cccc(NC(=S)N=Nc2c(O)n(Cc3ccc(Cl)cc3)c3ccc(S(=O)(=O)N4CCOCC4)cc23)c1. The zero-order valence-corrected chi connectivity index (χ0v) is 23.4. The van der Waals surface area contributed by atoms with Crippen LogP contribution in [0, 0.1) is 6.92 Å². The van der Waals surface area contributed by atoms with Crippen LogP contribution in [0.3, 0.4) is 0 Å². The van der Waals surface area contributed by atoms with Crippen LogP contribution in [0.15, 0.2) is 81.9 Å². The van der Waals surface area contributed by atoms with E-state index in [0.717, 1.165) is 16.8 Å². The fourth-order valence-electron chi connectivity index (χ4n) is 4.40. The number of aromatic nitrogens is 1. The van der Waals surface area contributed by atoms with Gasteiger partial charge in [0.05, 0.1) is 30.2 Å². The third kappa shape index (κ3) is 5.97. The molecule has 0 atom stereocenters. The summed E-state index contributed by atoms with van der Waals surface area (Å²) in [6.45, 7) is 3.49. The minimum Gasteiger partial charge on any atom is -0.493 e. The van der Waals surface area contributed by atoms with E-state index in [0.29, 0.717) is 35.7 Å². The molecule has 1 aromatic heterocycles. The van der Waals surface area contributed by atoms with Crippen molar-refractivity contribution in [3.8, 4) is 5.88 Å². The highest BCUT2D eigenvalue weighted by atomic mass is 35.5. The van der Waals surface area contributed by atoms with E-state index in [1.807, 2.05) is 43.3 Å². The molecule has 1 fully saturated rings. The molecule has 1 aliphatic rings. The Hall–Kier alpha value is -3.35. The number of anilines is 1. The predicted octanol–water partition coefficient (Wildman–Crippen LogP) is 5.86. The first kappa shape index (κ1) is 27.2. The number of hydrogen-bond acceptors (Lipinski definition) is 6. The summed E-state index contributed by atoms with van der Waals surface area (Å²) in [6, 6.07) is 19.6. The van der Waals surface area contributed by atoms with E-state index < -0.39 is 10.0 Å². The second-order valence-corrected chi connectivity index (χ2v) is 11.8. The molecule has 0 spiro atoms. The maximum absolute atomic E-state index is 13.4. The fourth-order valence-corrected chi connectivity index (χ4v) is 6.12. The highest BCUT2D eigenvalue weighted by molar-refractivity contribution is 7.89. The van der Waals surface area contributed by atoms with Crippen LogP contribution in [-0.2, 0) is 21.3 Å². The number of aromatic hydroxyl groups is 1. The third-order valence-corrected chi connectivity index (χ3v) is 8.68. The number of thiocarbonyl (C=S) groups is 1. The number of sulfonamides is 1. The summed E-state index contributed by atoms with van der Waals surface area (Å²) in [7, 11) is -3.78. The van der Waals surface area contributed by atoms with Crippen molar-refractivity contribution < 1.29 is 18.3 Å². The Balaban J connectivity index is 1.55. The molecule has 12 heteroatoms. The molecule has 0 radical (unpaired) electrons. The average molecular weight is 584 g/mol. The minimum atomic E-state index is -3.78. The number of morpholine rings is 1. The molecule has 5 rings (SSSR count). The van der Waals surface area contributed by atoms with Crippen molar-refractivity contribution in [2.45, 2.75) is 18.4 Å². The van der Waals surface area contributed by atoms with E-state index in [4.69, 9.17) is 28.6 Å². The van der Waals surface area contributed by atoms with Crippen LogP contribution in [0.2, 0.25) is 5.02 Å². The summed E-state index contributed by atoms with van der Waals surface area (Å²) in [4.78, 5) is 0.0949. The third-order valence-electron chi connectivity index (χ3n) is 6.35. The van der Waals surface area contributed by atoms with Gasteiger partial charge < -0.3 is 19.7 Å². The van der Waals surface area contributed by atoms with Crippen LogP contribution in [-0.4, -0.2) is 53.8 Å². The molecule has 2 N–H and O–H groups in total. The van der Waals surface area contributed by atoms with Gasteiger partial charge in [0.1, 0.15) is 0 Å². The number of nitrogens with one attached hydrogen (secondary N) is 1. The standard InChI is InChI=1S/C27H26ClN5O4S2/c1-18-3-2-4-21(15-18)29-27(38)31-30-25-23-16-22(39(35,36)32-11-13-37-14-12-32)9-10-24(23)33(26(25)34)17-19-5-7-20(28)8-6-19/h2-10,15-16,34H,11-14,17H2,1H3,(H,29,38). The van der Waals surface area contributed by atoms with Gasteiger partial charge >= 0.3 is 0 Å². The number of fused-ring (bicyclic) bond motifs is 1. The van der Waals surface area contributed by atoms with Crippen molar-refractivity contribution in [2.75, 3.05) is 31.6 Å². The minimum absolute atomic E-state index is 0.0932. The quantitative estimate of drug-likeness (QED) is 0.217. The van der Waals surface area contributed by atoms with Crippen LogP contribution in [0.25, 0.3) is 10.9 Å². The summed E-state index contributed by atoms with van der Waals surface area (Å²) in [5.74, 6) is -0.164. The topological polar surface area (TPSA) is 109 Å². The largest absolute Gasteiger partial charge is 0.493 e. The molecule has 1 saturated heterocycles. The lowest BCUT2D eigenvalue weighted by atomic mass is 10.2.